The van der Waals surface area contributed by atoms with Gasteiger partial charge in [0.25, 0.3) is 6.47 Å². The summed E-state index contributed by atoms with van der Waals surface area (Å²) in [5, 5.41) is 9.82. The first-order valence-electron chi connectivity index (χ1n) is 11.6. The molecule has 3 aliphatic rings. The number of likely N-dealkylation sites (tertiary alicyclic amines) is 1. The zero-order valence-electron chi connectivity index (χ0n) is 20.1. The largest absolute Gasteiger partial charge is 0.469 e. The number of carbonyl (C=O) groups is 2. The van der Waals surface area contributed by atoms with Gasteiger partial charge in [0.1, 0.15) is 5.60 Å². The first-order chi connectivity index (χ1) is 14.9. The summed E-state index contributed by atoms with van der Waals surface area (Å²) < 4.78 is 9.36. The first-order valence-corrected chi connectivity index (χ1v) is 11.6. The molecule has 0 aliphatic carbocycles. The van der Waals surface area contributed by atoms with Crippen LogP contribution in [0, 0.1) is 5.92 Å². The minimum absolute atomic E-state index is 0.0308. The first kappa shape index (κ1) is 27.8. The lowest BCUT2D eigenvalue weighted by Crippen LogP contribution is -2.47. The molecule has 0 amide bonds. The van der Waals surface area contributed by atoms with Gasteiger partial charge in [0.2, 0.25) is 0 Å². The highest BCUT2D eigenvalue weighted by molar-refractivity contribution is 5.72. The molecule has 182 valence electrons. The van der Waals surface area contributed by atoms with E-state index in [2.05, 4.69) is 30.5 Å². The Bertz CT molecular complexity index is 458. The van der Waals surface area contributed by atoms with E-state index in [0.717, 1.165) is 78.3 Å². The summed E-state index contributed by atoms with van der Waals surface area (Å²) in [6.07, 6.45) is 1.91. The number of nitrogens with zero attached hydrogens (tertiary/aromatic N) is 2. The summed E-state index contributed by atoms with van der Waals surface area (Å²) in [5.74, 6) is 0.0993. The second kappa shape index (κ2) is 16.4. The van der Waals surface area contributed by atoms with Gasteiger partial charge in [0.15, 0.2) is 0 Å². The van der Waals surface area contributed by atoms with Crippen molar-refractivity contribution in [2.45, 2.75) is 39.2 Å². The highest BCUT2D eigenvalue weighted by Gasteiger charge is 2.25. The third-order valence-electron chi connectivity index (χ3n) is 5.42. The molecule has 3 aliphatic heterocycles. The smallest absolute Gasteiger partial charge is 0.308 e. The number of hydrogen-bond donors (Lipinski definition) is 3. The molecule has 9 heteroatoms. The quantitative estimate of drug-likeness (QED) is 0.398. The van der Waals surface area contributed by atoms with Crippen LogP contribution < -0.4 is 16.0 Å². The Balaban J connectivity index is 0.000000302. The fourth-order valence-corrected chi connectivity index (χ4v) is 3.52. The maximum absolute atomic E-state index is 11.4. The van der Waals surface area contributed by atoms with Gasteiger partial charge in [0.05, 0.1) is 13.0 Å². The van der Waals surface area contributed by atoms with Gasteiger partial charge in [0, 0.05) is 65.4 Å². The molecule has 9 nitrogen and oxygen atoms in total. The Morgan fingerprint density at radius 3 is 1.68 bits per heavy atom. The molecule has 3 heterocycles. The molecular formula is C22H45N5O4. The van der Waals surface area contributed by atoms with Gasteiger partial charge in [-0.05, 0) is 46.7 Å². The standard InChI is InChI=1S/C13H25N3O2.C5H10O2.C4H10N2/c1-18-13(17)12-2-6-15(7-3-12)10-11-16-8-4-14-5-9-16;1-5(2,3)7-4-6;1-2-6-4-3-5-1/h12,14H,2-11H2,1H3;4H,1-3H3;5-6H,1-4H2. The van der Waals surface area contributed by atoms with Crippen LogP contribution in [0.25, 0.3) is 0 Å². The van der Waals surface area contributed by atoms with Gasteiger partial charge in [-0.15, -0.1) is 0 Å². The number of rotatable bonds is 5. The molecule has 3 saturated heterocycles. The Morgan fingerprint density at radius 2 is 1.32 bits per heavy atom. The molecule has 3 rings (SSSR count). The van der Waals surface area contributed by atoms with Crippen LogP contribution in [0.15, 0.2) is 0 Å². The molecule has 0 saturated carbocycles. The van der Waals surface area contributed by atoms with Crippen LogP contribution in [0.1, 0.15) is 33.6 Å². The summed E-state index contributed by atoms with van der Waals surface area (Å²) in [7, 11) is 1.49. The predicted molar refractivity (Wildman–Crippen MR) is 123 cm³/mol. The van der Waals surface area contributed by atoms with Crippen molar-refractivity contribution in [3.05, 3.63) is 0 Å². The second-order valence-electron chi connectivity index (χ2n) is 9.06. The van der Waals surface area contributed by atoms with Gasteiger partial charge in [-0.25, -0.2) is 0 Å². The van der Waals surface area contributed by atoms with Crippen LogP contribution in [0.5, 0.6) is 0 Å². The van der Waals surface area contributed by atoms with Crippen molar-refractivity contribution < 1.29 is 19.1 Å². The summed E-state index contributed by atoms with van der Waals surface area (Å²) >= 11 is 0. The maximum Gasteiger partial charge on any atom is 0.308 e. The second-order valence-corrected chi connectivity index (χ2v) is 9.06. The molecule has 3 N–H and O–H groups in total. The molecule has 0 aromatic heterocycles. The van der Waals surface area contributed by atoms with Gasteiger partial charge in [-0.2, -0.15) is 0 Å². The van der Waals surface area contributed by atoms with Crippen LogP contribution >= 0.6 is 0 Å². The topological polar surface area (TPSA) is 95.2 Å². The maximum atomic E-state index is 11.4. The highest BCUT2D eigenvalue weighted by Crippen LogP contribution is 2.18. The van der Waals surface area contributed by atoms with Gasteiger partial charge in [-0.3, -0.25) is 14.5 Å². The van der Waals surface area contributed by atoms with Crippen LogP contribution in [0.4, 0.5) is 0 Å². The lowest BCUT2D eigenvalue weighted by atomic mass is 9.97. The molecule has 0 radical (unpaired) electrons. The van der Waals surface area contributed by atoms with E-state index in [1.165, 1.54) is 20.2 Å². The summed E-state index contributed by atoms with van der Waals surface area (Å²) in [4.78, 5) is 26.0. The third-order valence-corrected chi connectivity index (χ3v) is 5.42. The van der Waals surface area contributed by atoms with Crippen molar-refractivity contribution in [2.75, 3.05) is 85.6 Å². The van der Waals surface area contributed by atoms with E-state index in [1.807, 2.05) is 20.8 Å². The van der Waals surface area contributed by atoms with E-state index >= 15 is 0 Å². The average Bonchev–Trinajstić information content (AvgIpc) is 2.79. The lowest BCUT2D eigenvalue weighted by Gasteiger charge is -2.33. The Labute approximate surface area is 188 Å². The predicted octanol–water partition coefficient (Wildman–Crippen LogP) is -0.0863. The van der Waals surface area contributed by atoms with E-state index in [1.54, 1.807) is 0 Å². The van der Waals surface area contributed by atoms with E-state index in [0.29, 0.717) is 6.47 Å². The van der Waals surface area contributed by atoms with Crippen molar-refractivity contribution in [1.82, 2.24) is 25.8 Å². The number of esters is 1. The van der Waals surface area contributed by atoms with Crippen LogP contribution in [-0.2, 0) is 19.1 Å². The SMILES string of the molecule is C1CNCCN1.CC(C)(C)OC=O.COC(=O)C1CCN(CCN2CCNCC2)CC1. The number of piperidine rings is 1. The van der Waals surface area contributed by atoms with E-state index in [4.69, 9.17) is 4.74 Å². The molecule has 0 atom stereocenters. The zero-order valence-corrected chi connectivity index (χ0v) is 20.1. The van der Waals surface area contributed by atoms with Gasteiger partial charge < -0.3 is 30.3 Å². The lowest BCUT2D eigenvalue weighted by molar-refractivity contribution is -0.147. The number of ether oxygens (including phenoxy) is 2. The fourth-order valence-electron chi connectivity index (χ4n) is 3.52. The van der Waals surface area contributed by atoms with Crippen LogP contribution in [0.2, 0.25) is 0 Å². The molecule has 31 heavy (non-hydrogen) atoms. The Kier molecular flexibility index (Phi) is 14.7. The van der Waals surface area contributed by atoms with Crippen molar-refractivity contribution in [2.24, 2.45) is 5.92 Å². The molecular weight excluding hydrogens is 398 g/mol. The average molecular weight is 444 g/mol. The summed E-state index contributed by atoms with van der Waals surface area (Å²) in [6.45, 7) is 19.4. The Hall–Kier alpha value is -1.26. The third kappa shape index (κ3) is 14.4. The van der Waals surface area contributed by atoms with Crippen molar-refractivity contribution in [1.29, 1.82) is 0 Å². The zero-order chi connectivity index (χ0) is 23.0. The summed E-state index contributed by atoms with van der Waals surface area (Å²) in [6, 6.07) is 0. The van der Waals surface area contributed by atoms with Crippen molar-refractivity contribution in [3.63, 3.8) is 0 Å². The number of nitrogens with one attached hydrogen (secondary N) is 3. The van der Waals surface area contributed by atoms with Crippen LogP contribution in [-0.4, -0.2) is 113 Å². The number of hydrogen-bond acceptors (Lipinski definition) is 9. The molecule has 0 bridgehead atoms. The molecule has 0 unspecified atom stereocenters. The van der Waals surface area contributed by atoms with E-state index in [-0.39, 0.29) is 17.5 Å². The van der Waals surface area contributed by atoms with E-state index in [9.17, 15) is 9.59 Å². The molecule has 0 spiro atoms. The number of carbonyl (C=O) groups excluding carboxylic acids is 2. The van der Waals surface area contributed by atoms with Crippen molar-refractivity contribution in [3.8, 4) is 0 Å². The van der Waals surface area contributed by atoms with Gasteiger partial charge >= 0.3 is 5.97 Å². The van der Waals surface area contributed by atoms with Gasteiger partial charge in [-0.1, -0.05) is 0 Å². The monoisotopic (exact) mass is 443 g/mol. The normalized spacial score (nSPS) is 21.0. The van der Waals surface area contributed by atoms with Crippen LogP contribution in [0.3, 0.4) is 0 Å². The minimum Gasteiger partial charge on any atom is -0.469 e. The number of methoxy groups -OCH3 is 1. The van der Waals surface area contributed by atoms with Crippen molar-refractivity contribution >= 4 is 12.4 Å². The molecule has 0 aromatic rings. The summed E-state index contributed by atoms with van der Waals surface area (Å²) in [5.41, 5.74) is -0.318. The Morgan fingerprint density at radius 1 is 0.871 bits per heavy atom. The molecule has 0 aromatic carbocycles. The molecule has 3 fully saturated rings. The fraction of sp³-hybridized carbons (Fsp3) is 0.909. The number of piperazine rings is 2. The minimum atomic E-state index is -0.318. The highest BCUT2D eigenvalue weighted by atomic mass is 16.5. The van der Waals surface area contributed by atoms with E-state index < -0.39 is 0 Å².